The predicted molar refractivity (Wildman–Crippen MR) is 60.3 cm³/mol. The van der Waals surface area contributed by atoms with Crippen LogP contribution in [-0.4, -0.2) is 14.5 Å². The van der Waals surface area contributed by atoms with Gasteiger partial charge >= 0.3 is 0 Å². The zero-order valence-corrected chi connectivity index (χ0v) is 9.73. The molecule has 6 heteroatoms. The first kappa shape index (κ1) is 10.3. The lowest BCUT2D eigenvalue weighted by Gasteiger charge is -2.03. The average molecular weight is 287 g/mol. The van der Waals surface area contributed by atoms with Gasteiger partial charge in [-0.2, -0.15) is 4.98 Å². The van der Waals surface area contributed by atoms with E-state index in [1.165, 1.54) is 16.8 Å². The summed E-state index contributed by atoms with van der Waals surface area (Å²) in [6, 6.07) is 4.80. The fourth-order valence-electron chi connectivity index (χ4n) is 1.05. The van der Waals surface area contributed by atoms with Crippen LogP contribution in [0.4, 0.5) is 0 Å². The first-order chi connectivity index (χ1) is 7.18. The van der Waals surface area contributed by atoms with Crippen LogP contribution in [0, 0.1) is 0 Å². The summed E-state index contributed by atoms with van der Waals surface area (Å²) in [7, 11) is 0. The van der Waals surface area contributed by atoms with Gasteiger partial charge in [0.25, 0.3) is 5.56 Å². The second kappa shape index (κ2) is 4.12. The molecule has 0 aromatic carbocycles. The van der Waals surface area contributed by atoms with Crippen molar-refractivity contribution in [3.8, 4) is 5.95 Å². The summed E-state index contributed by atoms with van der Waals surface area (Å²) in [4.78, 5) is 19.4. The second-order valence-corrected chi connectivity index (χ2v) is 3.93. The molecule has 0 aliphatic carbocycles. The highest BCUT2D eigenvalue weighted by molar-refractivity contribution is 9.10. The molecule has 0 aliphatic heterocycles. The van der Waals surface area contributed by atoms with E-state index in [2.05, 4.69) is 25.9 Å². The van der Waals surface area contributed by atoms with Crippen molar-refractivity contribution in [1.82, 2.24) is 14.5 Å². The predicted octanol–water partition coefficient (Wildman–Crippen LogP) is 2.04. The maximum atomic E-state index is 11.4. The Morgan fingerprint density at radius 3 is 2.87 bits per heavy atom. The van der Waals surface area contributed by atoms with Gasteiger partial charge in [-0.1, -0.05) is 17.7 Å². The summed E-state index contributed by atoms with van der Waals surface area (Å²) in [6.07, 6.45) is 3.09. The molecule has 2 aromatic rings. The van der Waals surface area contributed by atoms with E-state index in [1.807, 2.05) is 0 Å². The topological polar surface area (TPSA) is 47.8 Å². The highest BCUT2D eigenvalue weighted by Crippen LogP contribution is 2.18. The normalized spacial score (nSPS) is 10.3. The SMILES string of the molecule is O=c1ccccn1-c1ncc(Br)c(Cl)n1. The number of hydrogen-bond donors (Lipinski definition) is 0. The van der Waals surface area contributed by atoms with Crippen LogP contribution < -0.4 is 5.56 Å². The lowest BCUT2D eigenvalue weighted by molar-refractivity contribution is 0.883. The molecule has 0 bridgehead atoms. The van der Waals surface area contributed by atoms with Crippen LogP contribution in [0.15, 0.2) is 39.9 Å². The van der Waals surface area contributed by atoms with Gasteiger partial charge in [0.2, 0.25) is 5.95 Å². The van der Waals surface area contributed by atoms with E-state index in [-0.39, 0.29) is 16.7 Å². The minimum atomic E-state index is -0.198. The van der Waals surface area contributed by atoms with E-state index < -0.39 is 0 Å². The number of rotatable bonds is 1. The Balaban J connectivity index is 2.60. The summed E-state index contributed by atoms with van der Waals surface area (Å²) in [6.45, 7) is 0. The van der Waals surface area contributed by atoms with Gasteiger partial charge in [0.15, 0.2) is 0 Å². The van der Waals surface area contributed by atoms with Crippen molar-refractivity contribution < 1.29 is 0 Å². The summed E-state index contributed by atoms with van der Waals surface area (Å²) >= 11 is 8.98. The molecule has 2 aromatic heterocycles. The zero-order valence-electron chi connectivity index (χ0n) is 7.39. The Bertz CT molecular complexity index is 555. The lowest BCUT2D eigenvalue weighted by atomic mass is 10.5. The van der Waals surface area contributed by atoms with Gasteiger partial charge in [-0.3, -0.25) is 9.36 Å². The molecular weight excluding hydrogens is 281 g/mol. The van der Waals surface area contributed by atoms with Crippen LogP contribution in [0.1, 0.15) is 0 Å². The van der Waals surface area contributed by atoms with Crippen LogP contribution >= 0.6 is 27.5 Å². The summed E-state index contributed by atoms with van der Waals surface area (Å²) < 4.78 is 1.91. The smallest absolute Gasteiger partial charge is 0.257 e. The number of halogens is 2. The van der Waals surface area contributed by atoms with Crippen molar-refractivity contribution >= 4 is 27.5 Å². The molecule has 0 atom stereocenters. The Morgan fingerprint density at radius 2 is 2.20 bits per heavy atom. The Morgan fingerprint density at radius 1 is 1.40 bits per heavy atom. The maximum absolute atomic E-state index is 11.4. The number of hydrogen-bond acceptors (Lipinski definition) is 3. The molecule has 0 saturated heterocycles. The molecule has 15 heavy (non-hydrogen) atoms. The molecule has 0 amide bonds. The van der Waals surface area contributed by atoms with Crippen molar-refractivity contribution in [2.45, 2.75) is 0 Å². The maximum Gasteiger partial charge on any atom is 0.257 e. The fraction of sp³-hybridized carbons (Fsp3) is 0. The average Bonchev–Trinajstić information content (AvgIpc) is 2.23. The van der Waals surface area contributed by atoms with E-state index in [0.717, 1.165) is 0 Å². The van der Waals surface area contributed by atoms with E-state index in [4.69, 9.17) is 11.6 Å². The standard InChI is InChI=1S/C9H5BrClN3O/c10-6-5-12-9(13-8(6)11)14-4-2-1-3-7(14)15/h1-5H. The molecule has 2 rings (SSSR count). The summed E-state index contributed by atoms with van der Waals surface area (Å²) in [5, 5.41) is 0.274. The van der Waals surface area contributed by atoms with Crippen molar-refractivity contribution in [2.24, 2.45) is 0 Å². The van der Waals surface area contributed by atoms with Crippen LogP contribution in [0.25, 0.3) is 5.95 Å². The van der Waals surface area contributed by atoms with Crippen molar-refractivity contribution in [2.75, 3.05) is 0 Å². The number of pyridine rings is 1. The molecule has 0 saturated carbocycles. The molecule has 0 aliphatic rings. The van der Waals surface area contributed by atoms with Crippen LogP contribution in [0.2, 0.25) is 5.15 Å². The van der Waals surface area contributed by atoms with Gasteiger partial charge in [-0.05, 0) is 22.0 Å². The van der Waals surface area contributed by atoms with Crippen molar-refractivity contribution in [3.05, 3.63) is 50.6 Å². The largest absolute Gasteiger partial charge is 0.269 e. The van der Waals surface area contributed by atoms with Crippen LogP contribution in [0.3, 0.4) is 0 Å². The quantitative estimate of drug-likeness (QED) is 0.754. The van der Waals surface area contributed by atoms with Gasteiger partial charge in [0.05, 0.1) is 4.47 Å². The Labute approximate surface area is 98.7 Å². The molecule has 76 valence electrons. The van der Waals surface area contributed by atoms with Crippen LogP contribution in [0.5, 0.6) is 0 Å². The third-order valence-corrected chi connectivity index (χ3v) is 2.82. The third-order valence-electron chi connectivity index (χ3n) is 1.73. The molecule has 4 nitrogen and oxygen atoms in total. The minimum Gasteiger partial charge on any atom is -0.269 e. The minimum absolute atomic E-state index is 0.198. The van der Waals surface area contributed by atoms with Crippen molar-refractivity contribution in [1.29, 1.82) is 0 Å². The van der Waals surface area contributed by atoms with Gasteiger partial charge < -0.3 is 0 Å². The summed E-state index contributed by atoms with van der Waals surface area (Å²) in [5.74, 6) is 0.258. The van der Waals surface area contributed by atoms with E-state index >= 15 is 0 Å². The van der Waals surface area contributed by atoms with Gasteiger partial charge in [-0.25, -0.2) is 4.98 Å². The number of nitrogens with zero attached hydrogens (tertiary/aromatic N) is 3. The molecule has 2 heterocycles. The van der Waals surface area contributed by atoms with Gasteiger partial charge in [0, 0.05) is 18.5 Å². The van der Waals surface area contributed by atoms with Crippen molar-refractivity contribution in [3.63, 3.8) is 0 Å². The molecule has 0 fully saturated rings. The fourth-order valence-corrected chi connectivity index (χ4v) is 1.36. The third kappa shape index (κ3) is 2.08. The van der Waals surface area contributed by atoms with Gasteiger partial charge in [-0.15, -0.1) is 0 Å². The zero-order chi connectivity index (χ0) is 10.8. The Hall–Kier alpha value is -1.20. The molecule has 0 radical (unpaired) electrons. The van der Waals surface area contributed by atoms with E-state index in [0.29, 0.717) is 4.47 Å². The first-order valence-electron chi connectivity index (χ1n) is 4.04. The highest BCUT2D eigenvalue weighted by atomic mass is 79.9. The molecule has 0 spiro atoms. The summed E-state index contributed by atoms with van der Waals surface area (Å²) in [5.41, 5.74) is -0.198. The lowest BCUT2D eigenvalue weighted by Crippen LogP contribution is -2.18. The van der Waals surface area contributed by atoms with E-state index in [9.17, 15) is 4.79 Å². The van der Waals surface area contributed by atoms with E-state index in [1.54, 1.807) is 18.3 Å². The molecule has 0 N–H and O–H groups in total. The number of aromatic nitrogens is 3. The van der Waals surface area contributed by atoms with Gasteiger partial charge in [0.1, 0.15) is 5.15 Å². The Kier molecular flexibility index (Phi) is 2.83. The first-order valence-corrected chi connectivity index (χ1v) is 5.21. The van der Waals surface area contributed by atoms with Crippen LogP contribution in [-0.2, 0) is 0 Å². The monoisotopic (exact) mass is 285 g/mol. The molecule has 0 unspecified atom stereocenters. The molecular formula is C9H5BrClN3O. The highest BCUT2D eigenvalue weighted by Gasteiger charge is 2.04. The second-order valence-electron chi connectivity index (χ2n) is 2.72.